The minimum Gasteiger partial charge on any atom is -0.395 e. The molecule has 0 radical (unpaired) electrons. The lowest BCUT2D eigenvalue weighted by Gasteiger charge is -2.25. The van der Waals surface area contributed by atoms with Crippen LogP contribution in [0.3, 0.4) is 0 Å². The minimum atomic E-state index is -0.00263. The molecule has 0 spiro atoms. The van der Waals surface area contributed by atoms with Crippen LogP contribution in [-0.4, -0.2) is 35.1 Å². The van der Waals surface area contributed by atoms with Crippen LogP contribution in [0.1, 0.15) is 24.8 Å². The number of amides is 1. The highest BCUT2D eigenvalue weighted by Gasteiger charge is 2.30. The number of carbonyl (C=O) groups is 1. The lowest BCUT2D eigenvalue weighted by Crippen LogP contribution is -2.37. The van der Waals surface area contributed by atoms with Gasteiger partial charge in [0.2, 0.25) is 5.91 Å². The largest absolute Gasteiger partial charge is 0.395 e. The molecule has 19 heavy (non-hydrogen) atoms. The van der Waals surface area contributed by atoms with Crippen LogP contribution in [0.4, 0.5) is 0 Å². The molecule has 0 aliphatic heterocycles. The standard InChI is InChI=1S/C15H22N2O2/c16-14-7-6-13(10-14)15(19)17(8-9-18)11-12-4-2-1-3-5-12/h1-5,13-14,18H,6-11,16H2. The summed E-state index contributed by atoms with van der Waals surface area (Å²) in [6.07, 6.45) is 2.57. The Morgan fingerprint density at radius 1 is 1.32 bits per heavy atom. The van der Waals surface area contributed by atoms with Crippen molar-refractivity contribution < 1.29 is 9.90 Å². The van der Waals surface area contributed by atoms with E-state index in [0.717, 1.165) is 24.8 Å². The van der Waals surface area contributed by atoms with Crippen LogP contribution in [0, 0.1) is 5.92 Å². The van der Waals surface area contributed by atoms with Crippen LogP contribution in [-0.2, 0) is 11.3 Å². The number of benzene rings is 1. The molecular weight excluding hydrogens is 240 g/mol. The van der Waals surface area contributed by atoms with Gasteiger partial charge < -0.3 is 15.7 Å². The third-order valence-corrected chi connectivity index (χ3v) is 3.72. The molecule has 2 atom stereocenters. The van der Waals surface area contributed by atoms with Crippen molar-refractivity contribution in [2.45, 2.75) is 31.8 Å². The summed E-state index contributed by atoms with van der Waals surface area (Å²) in [5.41, 5.74) is 6.96. The molecule has 0 heterocycles. The van der Waals surface area contributed by atoms with Crippen molar-refractivity contribution in [3.63, 3.8) is 0 Å². The summed E-state index contributed by atoms with van der Waals surface area (Å²) in [7, 11) is 0. The topological polar surface area (TPSA) is 66.6 Å². The van der Waals surface area contributed by atoms with Gasteiger partial charge in [0.1, 0.15) is 0 Å². The molecule has 1 saturated carbocycles. The number of nitrogens with zero attached hydrogens (tertiary/aromatic N) is 1. The number of aliphatic hydroxyl groups is 1. The summed E-state index contributed by atoms with van der Waals surface area (Å²) in [5, 5.41) is 9.14. The molecule has 2 rings (SSSR count). The van der Waals surface area contributed by atoms with Crippen molar-refractivity contribution in [1.29, 1.82) is 0 Å². The Morgan fingerprint density at radius 3 is 2.63 bits per heavy atom. The van der Waals surface area contributed by atoms with Gasteiger partial charge in [-0.15, -0.1) is 0 Å². The van der Waals surface area contributed by atoms with Gasteiger partial charge in [0.15, 0.2) is 0 Å². The number of hydrogen-bond acceptors (Lipinski definition) is 3. The van der Waals surface area contributed by atoms with E-state index in [2.05, 4.69) is 0 Å². The summed E-state index contributed by atoms with van der Waals surface area (Å²) in [6.45, 7) is 0.947. The third-order valence-electron chi connectivity index (χ3n) is 3.72. The number of hydrogen-bond donors (Lipinski definition) is 2. The Hall–Kier alpha value is -1.39. The summed E-state index contributed by atoms with van der Waals surface area (Å²) in [5.74, 6) is 0.163. The molecule has 1 aliphatic carbocycles. The van der Waals surface area contributed by atoms with E-state index >= 15 is 0 Å². The predicted molar refractivity (Wildman–Crippen MR) is 74.3 cm³/mol. The monoisotopic (exact) mass is 262 g/mol. The average molecular weight is 262 g/mol. The van der Waals surface area contributed by atoms with Crippen LogP contribution in [0.2, 0.25) is 0 Å². The zero-order valence-corrected chi connectivity index (χ0v) is 11.2. The van der Waals surface area contributed by atoms with Crippen LogP contribution in [0.5, 0.6) is 0 Å². The van der Waals surface area contributed by atoms with Crippen molar-refractivity contribution in [1.82, 2.24) is 4.90 Å². The molecule has 0 aromatic heterocycles. The van der Waals surface area contributed by atoms with E-state index in [9.17, 15) is 4.79 Å². The molecule has 2 unspecified atom stereocenters. The summed E-state index contributed by atoms with van der Waals surface area (Å²) >= 11 is 0. The molecule has 4 nitrogen and oxygen atoms in total. The fourth-order valence-electron chi connectivity index (χ4n) is 2.69. The molecule has 1 aliphatic rings. The first kappa shape index (κ1) is 14.0. The molecule has 4 heteroatoms. The molecule has 104 valence electrons. The van der Waals surface area contributed by atoms with Crippen LogP contribution < -0.4 is 5.73 Å². The van der Waals surface area contributed by atoms with Gasteiger partial charge in [0.25, 0.3) is 0 Å². The Labute approximate surface area is 114 Å². The summed E-state index contributed by atoms with van der Waals surface area (Å²) in [4.78, 5) is 14.2. The highest BCUT2D eigenvalue weighted by molar-refractivity contribution is 5.79. The molecule has 0 saturated heterocycles. The third kappa shape index (κ3) is 3.78. The number of aliphatic hydroxyl groups excluding tert-OH is 1. The van der Waals surface area contributed by atoms with Crippen molar-refractivity contribution in [2.24, 2.45) is 11.7 Å². The molecular formula is C15H22N2O2. The normalized spacial score (nSPS) is 22.4. The highest BCUT2D eigenvalue weighted by atomic mass is 16.3. The first-order chi connectivity index (χ1) is 9.20. The van der Waals surface area contributed by atoms with E-state index in [0.29, 0.717) is 13.1 Å². The predicted octanol–water partition coefficient (Wildman–Crippen LogP) is 1.13. The van der Waals surface area contributed by atoms with Crippen molar-refractivity contribution in [2.75, 3.05) is 13.2 Å². The Bertz CT molecular complexity index is 408. The smallest absolute Gasteiger partial charge is 0.226 e. The van der Waals surface area contributed by atoms with Gasteiger partial charge in [-0.05, 0) is 24.8 Å². The first-order valence-electron chi connectivity index (χ1n) is 6.90. The van der Waals surface area contributed by atoms with E-state index in [1.807, 2.05) is 30.3 Å². The number of carbonyl (C=O) groups excluding carboxylic acids is 1. The van der Waals surface area contributed by atoms with Crippen LogP contribution >= 0.6 is 0 Å². The molecule has 0 bridgehead atoms. The second kappa shape index (κ2) is 6.68. The highest BCUT2D eigenvalue weighted by Crippen LogP contribution is 2.26. The molecule has 1 aromatic rings. The number of rotatable bonds is 5. The van der Waals surface area contributed by atoms with E-state index in [1.54, 1.807) is 4.90 Å². The fraction of sp³-hybridized carbons (Fsp3) is 0.533. The van der Waals surface area contributed by atoms with Crippen LogP contribution in [0.15, 0.2) is 30.3 Å². The van der Waals surface area contributed by atoms with Crippen LogP contribution in [0.25, 0.3) is 0 Å². The summed E-state index contributed by atoms with van der Waals surface area (Å²) in [6, 6.07) is 10.0. The maximum Gasteiger partial charge on any atom is 0.226 e. The van der Waals surface area contributed by atoms with E-state index in [-0.39, 0.29) is 24.5 Å². The molecule has 3 N–H and O–H groups in total. The van der Waals surface area contributed by atoms with E-state index in [1.165, 1.54) is 0 Å². The molecule has 1 fully saturated rings. The van der Waals surface area contributed by atoms with Crippen molar-refractivity contribution >= 4 is 5.91 Å². The average Bonchev–Trinajstić information content (AvgIpc) is 2.85. The van der Waals surface area contributed by atoms with E-state index in [4.69, 9.17) is 10.8 Å². The zero-order valence-electron chi connectivity index (χ0n) is 11.2. The lowest BCUT2D eigenvalue weighted by atomic mass is 10.1. The lowest BCUT2D eigenvalue weighted by molar-refractivity contribution is -0.136. The van der Waals surface area contributed by atoms with Gasteiger partial charge in [-0.3, -0.25) is 4.79 Å². The number of nitrogens with two attached hydrogens (primary N) is 1. The Kier molecular flexibility index (Phi) is 4.93. The van der Waals surface area contributed by atoms with Gasteiger partial charge in [-0.1, -0.05) is 30.3 Å². The molecule has 1 aromatic carbocycles. The molecule has 1 amide bonds. The maximum absolute atomic E-state index is 12.4. The summed E-state index contributed by atoms with van der Waals surface area (Å²) < 4.78 is 0. The second-order valence-electron chi connectivity index (χ2n) is 5.24. The first-order valence-corrected chi connectivity index (χ1v) is 6.90. The fourth-order valence-corrected chi connectivity index (χ4v) is 2.69. The maximum atomic E-state index is 12.4. The quantitative estimate of drug-likeness (QED) is 0.836. The van der Waals surface area contributed by atoms with Gasteiger partial charge in [0.05, 0.1) is 6.61 Å². The van der Waals surface area contributed by atoms with Crippen molar-refractivity contribution in [3.8, 4) is 0 Å². The minimum absolute atomic E-state index is 0.00263. The van der Waals surface area contributed by atoms with Gasteiger partial charge in [0, 0.05) is 25.0 Å². The SMILES string of the molecule is NC1CCC(C(=O)N(CCO)Cc2ccccc2)C1. The second-order valence-corrected chi connectivity index (χ2v) is 5.24. The Balaban J connectivity index is 2.01. The van der Waals surface area contributed by atoms with Crippen molar-refractivity contribution in [3.05, 3.63) is 35.9 Å². The zero-order chi connectivity index (χ0) is 13.7. The van der Waals surface area contributed by atoms with Gasteiger partial charge >= 0.3 is 0 Å². The van der Waals surface area contributed by atoms with E-state index < -0.39 is 0 Å². The Morgan fingerprint density at radius 2 is 2.05 bits per heavy atom. The van der Waals surface area contributed by atoms with Gasteiger partial charge in [-0.2, -0.15) is 0 Å². The van der Waals surface area contributed by atoms with Gasteiger partial charge in [-0.25, -0.2) is 0 Å².